The van der Waals surface area contributed by atoms with Gasteiger partial charge in [0.1, 0.15) is 5.75 Å². The summed E-state index contributed by atoms with van der Waals surface area (Å²) < 4.78 is 5.53. The van der Waals surface area contributed by atoms with E-state index >= 15 is 0 Å². The summed E-state index contributed by atoms with van der Waals surface area (Å²) in [5, 5.41) is 13.3. The van der Waals surface area contributed by atoms with E-state index in [-0.39, 0.29) is 11.9 Å². The molecule has 1 saturated heterocycles. The van der Waals surface area contributed by atoms with E-state index in [0.717, 1.165) is 29.5 Å². The van der Waals surface area contributed by atoms with E-state index in [1.165, 1.54) is 0 Å². The van der Waals surface area contributed by atoms with Crippen LogP contribution in [0.25, 0.3) is 0 Å². The Morgan fingerprint density at radius 3 is 2.60 bits per heavy atom. The van der Waals surface area contributed by atoms with Gasteiger partial charge in [-0.05, 0) is 48.4 Å². The largest absolute Gasteiger partial charge is 0.508 e. The number of carbonyl (C=O) groups excluding carboxylic acids is 1. The van der Waals surface area contributed by atoms with Crippen molar-refractivity contribution in [2.24, 2.45) is 0 Å². The van der Waals surface area contributed by atoms with Gasteiger partial charge in [-0.1, -0.05) is 42.5 Å². The third kappa shape index (κ3) is 2.81. The zero-order valence-corrected chi connectivity index (χ0v) is 14.2. The van der Waals surface area contributed by atoms with E-state index in [2.05, 4.69) is 5.32 Å². The zero-order chi connectivity index (χ0) is 17.3. The van der Waals surface area contributed by atoms with Gasteiger partial charge in [0.05, 0.1) is 11.5 Å². The lowest BCUT2D eigenvalue weighted by atomic mass is 9.73. The Bertz CT molecular complexity index is 766. The van der Waals surface area contributed by atoms with Crippen molar-refractivity contribution in [2.45, 2.75) is 37.1 Å². The van der Waals surface area contributed by atoms with E-state index in [9.17, 15) is 9.90 Å². The first-order chi connectivity index (χ1) is 12.2. The number of amides is 1. The maximum atomic E-state index is 13.3. The van der Waals surface area contributed by atoms with E-state index < -0.39 is 5.41 Å². The second-order valence-corrected chi connectivity index (χ2v) is 6.97. The van der Waals surface area contributed by atoms with Gasteiger partial charge in [0.15, 0.2) is 0 Å². The average molecular weight is 337 g/mol. The molecule has 0 unspecified atom stereocenters. The molecule has 0 radical (unpaired) electrons. The fraction of sp³-hybridized carbons (Fsp3) is 0.381. The first-order valence-corrected chi connectivity index (χ1v) is 8.96. The summed E-state index contributed by atoms with van der Waals surface area (Å²) in [6.07, 6.45) is 3.03. The highest BCUT2D eigenvalue weighted by Gasteiger charge is 2.43. The molecule has 25 heavy (non-hydrogen) atoms. The molecule has 1 aliphatic carbocycles. The predicted molar refractivity (Wildman–Crippen MR) is 95.5 cm³/mol. The molecule has 1 amide bonds. The quantitative estimate of drug-likeness (QED) is 0.904. The van der Waals surface area contributed by atoms with Crippen molar-refractivity contribution in [2.75, 3.05) is 13.2 Å². The second kappa shape index (κ2) is 6.52. The van der Waals surface area contributed by atoms with Crippen LogP contribution in [0.4, 0.5) is 0 Å². The Labute approximate surface area is 147 Å². The molecule has 4 rings (SSSR count). The van der Waals surface area contributed by atoms with Crippen molar-refractivity contribution in [3.8, 4) is 5.75 Å². The Hall–Kier alpha value is -2.33. The molecule has 1 atom stereocenters. The smallest absolute Gasteiger partial charge is 0.231 e. The number of phenolic OH excluding ortho intramolecular Hbond substituents is 1. The van der Waals surface area contributed by atoms with Crippen LogP contribution >= 0.6 is 0 Å². The van der Waals surface area contributed by atoms with Crippen molar-refractivity contribution in [3.05, 3.63) is 65.2 Å². The summed E-state index contributed by atoms with van der Waals surface area (Å²) in [6, 6.07) is 15.6. The maximum absolute atomic E-state index is 13.3. The summed E-state index contributed by atoms with van der Waals surface area (Å²) >= 11 is 0. The lowest BCUT2D eigenvalue weighted by molar-refractivity contribution is -0.131. The molecule has 0 aromatic heterocycles. The van der Waals surface area contributed by atoms with Crippen LogP contribution in [0, 0.1) is 0 Å². The Kier molecular flexibility index (Phi) is 4.22. The molecule has 4 nitrogen and oxygen atoms in total. The average Bonchev–Trinajstić information content (AvgIpc) is 3.07. The van der Waals surface area contributed by atoms with Crippen LogP contribution < -0.4 is 5.32 Å². The number of rotatable bonds is 3. The number of phenols is 1. The highest BCUT2D eigenvalue weighted by Crippen LogP contribution is 2.39. The van der Waals surface area contributed by atoms with Gasteiger partial charge in [0, 0.05) is 13.2 Å². The fourth-order valence-corrected chi connectivity index (χ4v) is 4.21. The standard InChI is InChI=1S/C21H23NO3/c23-19-8-4-7-16-17(19)9-10-18(16)22-20(24)21(11-13-25-14-12-21)15-5-2-1-3-6-15/h1-8,18,23H,9-14H2,(H,22,24)/t18-/m1/s1. The molecule has 0 bridgehead atoms. The van der Waals surface area contributed by atoms with Gasteiger partial charge in [0.2, 0.25) is 5.91 Å². The van der Waals surface area contributed by atoms with Gasteiger partial charge in [-0.2, -0.15) is 0 Å². The lowest BCUT2D eigenvalue weighted by Gasteiger charge is -2.37. The van der Waals surface area contributed by atoms with E-state index in [1.807, 2.05) is 42.5 Å². The second-order valence-electron chi connectivity index (χ2n) is 6.97. The van der Waals surface area contributed by atoms with Crippen molar-refractivity contribution < 1.29 is 14.6 Å². The Morgan fingerprint density at radius 2 is 1.84 bits per heavy atom. The third-order valence-electron chi connectivity index (χ3n) is 5.66. The van der Waals surface area contributed by atoms with Crippen molar-refractivity contribution >= 4 is 5.91 Å². The number of aromatic hydroxyl groups is 1. The molecule has 2 aromatic carbocycles. The van der Waals surface area contributed by atoms with Crippen LogP contribution in [0.5, 0.6) is 5.75 Å². The number of hydrogen-bond acceptors (Lipinski definition) is 3. The molecule has 2 aliphatic rings. The molecule has 1 heterocycles. The molecule has 1 fully saturated rings. The lowest BCUT2D eigenvalue weighted by Crippen LogP contribution is -2.48. The number of ether oxygens (including phenoxy) is 1. The topological polar surface area (TPSA) is 58.6 Å². The summed E-state index contributed by atoms with van der Waals surface area (Å²) in [7, 11) is 0. The summed E-state index contributed by atoms with van der Waals surface area (Å²) in [4.78, 5) is 13.3. The van der Waals surface area contributed by atoms with Crippen molar-refractivity contribution in [1.82, 2.24) is 5.32 Å². The first-order valence-electron chi connectivity index (χ1n) is 8.96. The molecule has 4 heteroatoms. The molecule has 0 saturated carbocycles. The molecule has 1 aliphatic heterocycles. The molecular formula is C21H23NO3. The maximum Gasteiger partial charge on any atom is 0.231 e. The summed E-state index contributed by atoms with van der Waals surface area (Å²) in [5.41, 5.74) is 2.54. The highest BCUT2D eigenvalue weighted by atomic mass is 16.5. The zero-order valence-electron chi connectivity index (χ0n) is 14.2. The number of fused-ring (bicyclic) bond motifs is 1. The van der Waals surface area contributed by atoms with Gasteiger partial charge in [-0.25, -0.2) is 0 Å². The third-order valence-corrected chi connectivity index (χ3v) is 5.66. The van der Waals surface area contributed by atoms with E-state index in [0.29, 0.717) is 31.8 Å². The molecule has 130 valence electrons. The van der Waals surface area contributed by atoms with Crippen LogP contribution in [-0.4, -0.2) is 24.2 Å². The Balaban J connectivity index is 1.62. The van der Waals surface area contributed by atoms with Gasteiger partial charge >= 0.3 is 0 Å². The number of benzene rings is 2. The molecular weight excluding hydrogens is 314 g/mol. The van der Waals surface area contributed by atoms with Crippen LogP contribution in [-0.2, 0) is 21.4 Å². The van der Waals surface area contributed by atoms with Crippen LogP contribution in [0.2, 0.25) is 0 Å². The van der Waals surface area contributed by atoms with Crippen LogP contribution in [0.3, 0.4) is 0 Å². The fourth-order valence-electron chi connectivity index (χ4n) is 4.21. The minimum absolute atomic E-state index is 0.0296. The van der Waals surface area contributed by atoms with Gasteiger partial charge in [-0.15, -0.1) is 0 Å². The molecule has 2 aromatic rings. The number of carbonyl (C=O) groups is 1. The van der Waals surface area contributed by atoms with Crippen molar-refractivity contribution in [1.29, 1.82) is 0 Å². The molecule has 2 N–H and O–H groups in total. The highest BCUT2D eigenvalue weighted by molar-refractivity contribution is 5.89. The minimum Gasteiger partial charge on any atom is -0.508 e. The number of nitrogens with one attached hydrogen (secondary N) is 1. The number of hydrogen-bond donors (Lipinski definition) is 2. The van der Waals surface area contributed by atoms with E-state index in [4.69, 9.17) is 4.74 Å². The van der Waals surface area contributed by atoms with Crippen LogP contribution in [0.15, 0.2) is 48.5 Å². The summed E-state index contributed by atoms with van der Waals surface area (Å²) in [6.45, 7) is 1.20. The predicted octanol–water partition coefficient (Wildman–Crippen LogP) is 3.24. The van der Waals surface area contributed by atoms with Gasteiger partial charge in [0.25, 0.3) is 0 Å². The van der Waals surface area contributed by atoms with Crippen molar-refractivity contribution in [3.63, 3.8) is 0 Å². The molecule has 0 spiro atoms. The summed E-state index contributed by atoms with van der Waals surface area (Å²) in [5.74, 6) is 0.404. The SMILES string of the molecule is O=C(N[C@@H]1CCc2c(O)cccc21)C1(c2ccccc2)CCOCC1. The normalized spacial score (nSPS) is 21.5. The first kappa shape index (κ1) is 16.2. The monoisotopic (exact) mass is 337 g/mol. The van der Waals surface area contributed by atoms with E-state index in [1.54, 1.807) is 6.07 Å². The van der Waals surface area contributed by atoms with Crippen LogP contribution in [0.1, 0.15) is 42.0 Å². The van der Waals surface area contributed by atoms with Gasteiger partial charge < -0.3 is 15.2 Å². The minimum atomic E-state index is -0.529. The van der Waals surface area contributed by atoms with Gasteiger partial charge in [-0.3, -0.25) is 4.79 Å². The Morgan fingerprint density at radius 1 is 1.08 bits per heavy atom.